The molecule has 2 aromatic carbocycles. The second-order valence-electron chi connectivity index (χ2n) is 7.78. The number of hydrogen-bond donors (Lipinski definition) is 2. The maximum atomic E-state index is 12.5. The summed E-state index contributed by atoms with van der Waals surface area (Å²) in [7, 11) is -5.12. The summed E-state index contributed by atoms with van der Waals surface area (Å²) in [4.78, 5) is 0.143. The van der Waals surface area contributed by atoms with Gasteiger partial charge in [0.25, 0.3) is 0 Å². The monoisotopic (exact) mass is 443 g/mol. The van der Waals surface area contributed by atoms with Crippen LogP contribution >= 0.6 is 0 Å². The number of ether oxygens (including phenoxy) is 1. The van der Waals surface area contributed by atoms with Gasteiger partial charge in [-0.15, -0.1) is 0 Å². The van der Waals surface area contributed by atoms with Crippen LogP contribution in [0.4, 0.5) is 0 Å². The predicted octanol–water partition coefficient (Wildman–Crippen LogP) is 1.48. The first kappa shape index (κ1) is 23.2. The highest BCUT2D eigenvalue weighted by molar-refractivity contribution is 7.91. The summed E-state index contributed by atoms with van der Waals surface area (Å²) in [5, 5.41) is 32.4. The topological polar surface area (TPSA) is 111 Å². The molecule has 0 radical (unpaired) electrons. The van der Waals surface area contributed by atoms with E-state index in [4.69, 9.17) is 14.8 Å². The minimum Gasteiger partial charge on any atom is -0.618 e. The summed E-state index contributed by atoms with van der Waals surface area (Å²) in [6, 6.07) is 13.2. The van der Waals surface area contributed by atoms with Gasteiger partial charge in [0, 0.05) is 17.6 Å². The van der Waals surface area contributed by atoms with Crippen LogP contribution < -0.4 is 10.2 Å². The number of nitrogens with zero attached hydrogens (tertiary/aromatic N) is 1. The van der Waals surface area contributed by atoms with E-state index in [1.165, 1.54) is 30.5 Å². The van der Waals surface area contributed by atoms with Crippen LogP contribution in [-0.2, 0) is 21.2 Å². The van der Waals surface area contributed by atoms with E-state index >= 15 is 0 Å². The Bertz CT molecular complexity index is 1150. The summed E-state index contributed by atoms with van der Waals surface area (Å²) in [6.45, 7) is 4.28. The van der Waals surface area contributed by atoms with Crippen LogP contribution in [-0.4, -0.2) is 37.9 Å². The summed E-state index contributed by atoms with van der Waals surface area (Å²) >= 11 is 0. The number of aryl methyl sites for hydroxylation is 1. The summed E-state index contributed by atoms with van der Waals surface area (Å²) in [6.07, 6.45) is 1.94. The molecule has 0 bridgehead atoms. The SMILES string of the molecule is Cc1c(COC[C@H](C)CCS(=O)(=O)c2ccc(B(O)O)cc2)[n+]([O-])cc2ccccc12. The molecule has 0 aliphatic carbocycles. The van der Waals surface area contributed by atoms with Gasteiger partial charge in [0.2, 0.25) is 5.69 Å². The number of aromatic nitrogens is 1. The Morgan fingerprint density at radius 1 is 1.13 bits per heavy atom. The predicted molar refractivity (Wildman–Crippen MR) is 119 cm³/mol. The molecule has 0 fully saturated rings. The van der Waals surface area contributed by atoms with Crippen molar-refractivity contribution in [3.63, 3.8) is 0 Å². The molecule has 0 aliphatic heterocycles. The van der Waals surface area contributed by atoms with Crippen LogP contribution in [0.5, 0.6) is 0 Å². The molecule has 31 heavy (non-hydrogen) atoms. The number of pyridine rings is 1. The number of hydrogen-bond acceptors (Lipinski definition) is 6. The van der Waals surface area contributed by atoms with Gasteiger partial charge in [-0.2, -0.15) is 4.73 Å². The van der Waals surface area contributed by atoms with E-state index in [-0.39, 0.29) is 28.6 Å². The second kappa shape index (κ2) is 9.78. The van der Waals surface area contributed by atoms with E-state index < -0.39 is 17.0 Å². The molecule has 7 nitrogen and oxygen atoms in total. The average molecular weight is 443 g/mol. The van der Waals surface area contributed by atoms with E-state index in [1.807, 2.05) is 38.1 Å². The molecular formula is C22H26BNO6S. The van der Waals surface area contributed by atoms with Crippen molar-refractivity contribution >= 4 is 33.2 Å². The molecule has 0 aliphatic rings. The fourth-order valence-corrected chi connectivity index (χ4v) is 4.91. The smallest absolute Gasteiger partial charge is 0.488 e. The third-order valence-electron chi connectivity index (χ3n) is 5.38. The molecule has 1 atom stereocenters. The first-order valence-electron chi connectivity index (χ1n) is 10.1. The van der Waals surface area contributed by atoms with Crippen molar-refractivity contribution in [2.45, 2.75) is 31.8 Å². The Balaban J connectivity index is 1.55. The normalized spacial score (nSPS) is 12.8. The van der Waals surface area contributed by atoms with Crippen LogP contribution in [0.25, 0.3) is 10.8 Å². The molecule has 0 saturated heterocycles. The van der Waals surface area contributed by atoms with Crippen molar-refractivity contribution in [3.05, 3.63) is 71.2 Å². The molecule has 9 heteroatoms. The zero-order chi connectivity index (χ0) is 22.6. The Morgan fingerprint density at radius 3 is 2.48 bits per heavy atom. The third kappa shape index (κ3) is 5.62. The van der Waals surface area contributed by atoms with Crippen LogP contribution in [0.3, 0.4) is 0 Å². The molecule has 0 spiro atoms. The highest BCUT2D eigenvalue weighted by Crippen LogP contribution is 2.20. The molecule has 1 aromatic heterocycles. The first-order chi connectivity index (χ1) is 14.7. The minimum atomic E-state index is -3.49. The van der Waals surface area contributed by atoms with Crippen LogP contribution in [0.15, 0.2) is 59.6 Å². The lowest BCUT2D eigenvalue weighted by atomic mass is 9.81. The minimum absolute atomic E-state index is 0.0193. The first-order valence-corrected chi connectivity index (χ1v) is 11.7. The molecule has 164 valence electrons. The van der Waals surface area contributed by atoms with Gasteiger partial charge in [0.15, 0.2) is 16.0 Å². The number of rotatable bonds is 9. The number of fused-ring (bicyclic) bond motifs is 1. The van der Waals surface area contributed by atoms with Crippen molar-refractivity contribution in [1.82, 2.24) is 0 Å². The molecule has 3 rings (SSSR count). The third-order valence-corrected chi connectivity index (χ3v) is 7.14. The lowest BCUT2D eigenvalue weighted by Gasteiger charge is -2.14. The van der Waals surface area contributed by atoms with E-state index in [2.05, 4.69) is 0 Å². The summed E-state index contributed by atoms with van der Waals surface area (Å²) in [5.41, 5.74) is 1.66. The zero-order valence-electron chi connectivity index (χ0n) is 17.6. The number of benzene rings is 2. The zero-order valence-corrected chi connectivity index (χ0v) is 18.4. The van der Waals surface area contributed by atoms with Gasteiger partial charge >= 0.3 is 7.12 Å². The van der Waals surface area contributed by atoms with E-state index in [0.29, 0.717) is 18.7 Å². The fourth-order valence-electron chi connectivity index (χ4n) is 3.41. The largest absolute Gasteiger partial charge is 0.618 e. The Morgan fingerprint density at radius 2 is 1.81 bits per heavy atom. The lowest BCUT2D eigenvalue weighted by Crippen LogP contribution is -2.33. The van der Waals surface area contributed by atoms with Crippen molar-refractivity contribution in [2.24, 2.45) is 5.92 Å². The van der Waals surface area contributed by atoms with Gasteiger partial charge in [-0.05, 0) is 48.3 Å². The average Bonchev–Trinajstić information content (AvgIpc) is 2.74. The van der Waals surface area contributed by atoms with Crippen molar-refractivity contribution in [2.75, 3.05) is 12.4 Å². The van der Waals surface area contributed by atoms with E-state index in [0.717, 1.165) is 21.1 Å². The lowest BCUT2D eigenvalue weighted by molar-refractivity contribution is -0.615. The van der Waals surface area contributed by atoms with Gasteiger partial charge in [-0.1, -0.05) is 37.3 Å². The van der Waals surface area contributed by atoms with Crippen LogP contribution in [0.1, 0.15) is 24.6 Å². The quantitative estimate of drug-likeness (QED) is 0.295. The number of sulfone groups is 1. The van der Waals surface area contributed by atoms with E-state index in [9.17, 15) is 13.6 Å². The molecule has 0 saturated carbocycles. The van der Waals surface area contributed by atoms with Gasteiger partial charge < -0.3 is 20.0 Å². The molecule has 3 aromatic rings. The standard InChI is InChI=1S/C22H26BNO6S/c1-16(11-12-31(28,29)20-9-7-19(8-10-20)23(25)26)14-30-15-22-17(2)21-6-4-3-5-18(21)13-24(22)27/h3-10,13,16,25-26H,11-12,14-15H2,1-2H3/t16-/m1/s1. The van der Waals surface area contributed by atoms with Gasteiger partial charge in [0.1, 0.15) is 6.61 Å². The van der Waals surface area contributed by atoms with Crippen molar-refractivity contribution in [1.29, 1.82) is 0 Å². The molecular weight excluding hydrogens is 417 g/mol. The van der Waals surface area contributed by atoms with Gasteiger partial charge in [-0.25, -0.2) is 8.42 Å². The van der Waals surface area contributed by atoms with Crippen molar-refractivity contribution < 1.29 is 27.9 Å². The van der Waals surface area contributed by atoms with Crippen LogP contribution in [0, 0.1) is 18.0 Å². The van der Waals surface area contributed by atoms with Crippen LogP contribution in [0.2, 0.25) is 0 Å². The second-order valence-corrected chi connectivity index (χ2v) is 9.89. The molecule has 2 N–H and O–H groups in total. The highest BCUT2D eigenvalue weighted by Gasteiger charge is 2.19. The maximum absolute atomic E-state index is 12.5. The van der Waals surface area contributed by atoms with E-state index in [1.54, 1.807) is 0 Å². The van der Waals surface area contributed by atoms with Gasteiger partial charge in [-0.3, -0.25) is 0 Å². The Kier molecular flexibility index (Phi) is 7.32. The molecule has 0 unspecified atom stereocenters. The summed E-state index contributed by atoms with van der Waals surface area (Å²) in [5.74, 6) is -0.0658. The molecule has 0 amide bonds. The Hall–Kier alpha value is -2.46. The summed E-state index contributed by atoms with van der Waals surface area (Å²) < 4.78 is 31.6. The maximum Gasteiger partial charge on any atom is 0.488 e. The van der Waals surface area contributed by atoms with Crippen molar-refractivity contribution in [3.8, 4) is 0 Å². The van der Waals surface area contributed by atoms with Gasteiger partial charge in [0.05, 0.1) is 10.6 Å². The highest BCUT2D eigenvalue weighted by atomic mass is 32.2. The fraction of sp³-hybridized carbons (Fsp3) is 0.318. The Labute approximate surface area is 182 Å². The molecule has 1 heterocycles.